The second-order valence-electron chi connectivity index (χ2n) is 9.59. The Labute approximate surface area is 210 Å². The first-order valence-electron chi connectivity index (χ1n) is 12.9. The van der Waals surface area contributed by atoms with Crippen LogP contribution in [0.1, 0.15) is 80.3 Å². The fourth-order valence-electron chi connectivity index (χ4n) is 5.17. The molecule has 2 aromatic carbocycles. The van der Waals surface area contributed by atoms with E-state index < -0.39 is 0 Å². The van der Waals surface area contributed by atoms with Crippen LogP contribution >= 0.6 is 0 Å². The Kier molecular flexibility index (Phi) is 7.21. The van der Waals surface area contributed by atoms with Crippen molar-refractivity contribution in [3.05, 3.63) is 82.8 Å². The van der Waals surface area contributed by atoms with Crippen LogP contribution in [0.25, 0.3) is 16.8 Å². The van der Waals surface area contributed by atoms with E-state index in [1.807, 2.05) is 35.0 Å². The smallest absolute Gasteiger partial charge is 0.291 e. The standard InChI is InChI=1S/C28H32N6O2/c1-2-3-13-27(35)33-19-26(23-9-5-4-6-10-23)32(28(33)36)18-21-14-16-22(17-15-21)24-11-7-8-12-25(24)34-20-29-30-31-34/h7-8,11-12,14-17,19-20,23H,2-6,9-10,13,18H2,1H3. The van der Waals surface area contributed by atoms with Gasteiger partial charge in [0.05, 0.1) is 12.2 Å². The fourth-order valence-corrected chi connectivity index (χ4v) is 5.17. The minimum absolute atomic E-state index is 0.104. The molecule has 0 N–H and O–H groups in total. The SMILES string of the molecule is CCCCC(=O)n1cc(C2CCCCC2)n(Cc2ccc(-c3ccccc3-n3cnnn3)cc2)c1=O. The molecule has 4 aromatic rings. The zero-order valence-corrected chi connectivity index (χ0v) is 20.7. The van der Waals surface area contributed by atoms with Crippen molar-refractivity contribution in [1.82, 2.24) is 29.3 Å². The normalized spacial score (nSPS) is 14.2. The van der Waals surface area contributed by atoms with Crippen LogP contribution in [0.5, 0.6) is 0 Å². The highest BCUT2D eigenvalue weighted by molar-refractivity contribution is 5.78. The van der Waals surface area contributed by atoms with Crippen molar-refractivity contribution in [2.75, 3.05) is 0 Å². The number of nitrogens with zero attached hydrogens (tertiary/aromatic N) is 6. The van der Waals surface area contributed by atoms with E-state index in [1.165, 1.54) is 23.8 Å². The van der Waals surface area contributed by atoms with Gasteiger partial charge in [-0.25, -0.2) is 9.36 Å². The van der Waals surface area contributed by atoms with Crippen molar-refractivity contribution in [1.29, 1.82) is 0 Å². The number of aromatic nitrogens is 6. The van der Waals surface area contributed by atoms with Gasteiger partial charge in [-0.3, -0.25) is 9.36 Å². The minimum Gasteiger partial charge on any atom is -0.291 e. The molecule has 8 nitrogen and oxygen atoms in total. The van der Waals surface area contributed by atoms with Gasteiger partial charge >= 0.3 is 5.69 Å². The van der Waals surface area contributed by atoms with Crippen LogP contribution in [0.3, 0.4) is 0 Å². The molecule has 0 bridgehead atoms. The van der Waals surface area contributed by atoms with Crippen LogP contribution in [0.4, 0.5) is 0 Å². The van der Waals surface area contributed by atoms with Crippen molar-refractivity contribution in [2.24, 2.45) is 0 Å². The number of para-hydroxylation sites is 1. The van der Waals surface area contributed by atoms with Gasteiger partial charge in [0, 0.05) is 29.8 Å². The summed E-state index contributed by atoms with van der Waals surface area (Å²) >= 11 is 0. The van der Waals surface area contributed by atoms with E-state index >= 15 is 0 Å². The lowest BCUT2D eigenvalue weighted by Gasteiger charge is -2.22. The van der Waals surface area contributed by atoms with Gasteiger partial charge in [0.1, 0.15) is 6.33 Å². The van der Waals surface area contributed by atoms with Gasteiger partial charge < -0.3 is 0 Å². The van der Waals surface area contributed by atoms with E-state index in [1.54, 1.807) is 11.0 Å². The molecule has 1 aliphatic carbocycles. The molecule has 0 aliphatic heterocycles. The molecule has 2 heterocycles. The molecule has 5 rings (SSSR count). The third-order valence-corrected chi connectivity index (χ3v) is 7.15. The number of carbonyl (C=O) groups is 1. The van der Waals surface area contributed by atoms with Crippen molar-refractivity contribution >= 4 is 5.91 Å². The predicted molar refractivity (Wildman–Crippen MR) is 138 cm³/mol. The fraction of sp³-hybridized carbons (Fsp3) is 0.393. The highest BCUT2D eigenvalue weighted by atomic mass is 16.2. The minimum atomic E-state index is -0.218. The third kappa shape index (κ3) is 4.94. The predicted octanol–water partition coefficient (Wildman–Crippen LogP) is 5.22. The zero-order valence-electron chi connectivity index (χ0n) is 20.7. The molecule has 2 aromatic heterocycles. The van der Waals surface area contributed by atoms with Crippen molar-refractivity contribution in [3.8, 4) is 16.8 Å². The van der Waals surface area contributed by atoms with E-state index in [-0.39, 0.29) is 11.6 Å². The van der Waals surface area contributed by atoms with Gasteiger partial charge in [0.2, 0.25) is 5.91 Å². The molecule has 0 atom stereocenters. The molecular weight excluding hydrogens is 452 g/mol. The summed E-state index contributed by atoms with van der Waals surface area (Å²) in [5.41, 5.74) is 4.76. The van der Waals surface area contributed by atoms with Gasteiger partial charge in [0.15, 0.2) is 0 Å². The number of hydrogen-bond acceptors (Lipinski definition) is 5. The average Bonchev–Trinajstić information content (AvgIpc) is 3.57. The van der Waals surface area contributed by atoms with Crippen molar-refractivity contribution < 1.29 is 4.79 Å². The molecule has 0 amide bonds. The monoisotopic (exact) mass is 484 g/mol. The largest absolute Gasteiger partial charge is 0.335 e. The Morgan fingerprint density at radius 1 is 1.03 bits per heavy atom. The maximum absolute atomic E-state index is 13.4. The van der Waals surface area contributed by atoms with Gasteiger partial charge in [-0.2, -0.15) is 4.68 Å². The lowest BCUT2D eigenvalue weighted by molar-refractivity contribution is 0.0894. The quantitative estimate of drug-likeness (QED) is 0.342. The number of rotatable bonds is 8. The van der Waals surface area contributed by atoms with E-state index in [0.29, 0.717) is 18.9 Å². The number of carbonyl (C=O) groups excluding carboxylic acids is 1. The topological polar surface area (TPSA) is 87.6 Å². The van der Waals surface area contributed by atoms with Gasteiger partial charge in [-0.1, -0.05) is 75.1 Å². The summed E-state index contributed by atoms with van der Waals surface area (Å²) in [4.78, 5) is 26.2. The Hall–Kier alpha value is -3.81. The number of tetrazole rings is 1. The maximum Gasteiger partial charge on any atom is 0.335 e. The molecule has 0 spiro atoms. The lowest BCUT2D eigenvalue weighted by Crippen LogP contribution is -2.29. The van der Waals surface area contributed by atoms with Crippen LogP contribution in [0.15, 0.2) is 65.8 Å². The van der Waals surface area contributed by atoms with Crippen molar-refractivity contribution in [3.63, 3.8) is 0 Å². The molecule has 1 aliphatic rings. The van der Waals surface area contributed by atoms with Gasteiger partial charge in [0.25, 0.3) is 0 Å². The summed E-state index contributed by atoms with van der Waals surface area (Å²) in [5, 5.41) is 11.5. The number of hydrogen-bond donors (Lipinski definition) is 0. The summed E-state index contributed by atoms with van der Waals surface area (Å²) in [6.45, 7) is 2.51. The molecule has 36 heavy (non-hydrogen) atoms. The van der Waals surface area contributed by atoms with E-state index in [2.05, 4.69) is 46.7 Å². The van der Waals surface area contributed by atoms with Gasteiger partial charge in [-0.15, -0.1) is 5.10 Å². The summed E-state index contributed by atoms with van der Waals surface area (Å²) in [5.74, 6) is 0.223. The molecular formula is C28H32N6O2. The third-order valence-electron chi connectivity index (χ3n) is 7.15. The number of imidazole rings is 1. The molecule has 8 heteroatoms. The second-order valence-corrected chi connectivity index (χ2v) is 9.59. The molecule has 1 fully saturated rings. The van der Waals surface area contributed by atoms with Crippen LogP contribution in [0, 0.1) is 0 Å². The summed E-state index contributed by atoms with van der Waals surface area (Å²) in [6.07, 6.45) is 11.3. The van der Waals surface area contributed by atoms with Crippen LogP contribution in [0.2, 0.25) is 0 Å². The molecule has 1 saturated carbocycles. The van der Waals surface area contributed by atoms with Crippen LogP contribution < -0.4 is 5.69 Å². The summed E-state index contributed by atoms with van der Waals surface area (Å²) < 4.78 is 4.83. The number of unbranched alkanes of at least 4 members (excludes halogenated alkanes) is 1. The second kappa shape index (κ2) is 10.8. The molecule has 0 saturated heterocycles. The maximum atomic E-state index is 13.4. The van der Waals surface area contributed by atoms with E-state index in [0.717, 1.165) is 53.8 Å². The Morgan fingerprint density at radius 3 is 2.53 bits per heavy atom. The van der Waals surface area contributed by atoms with Crippen molar-refractivity contribution in [2.45, 2.75) is 70.8 Å². The van der Waals surface area contributed by atoms with Crippen LogP contribution in [-0.4, -0.2) is 35.2 Å². The Bertz CT molecular complexity index is 1360. The Morgan fingerprint density at radius 2 is 1.81 bits per heavy atom. The zero-order chi connectivity index (χ0) is 24.9. The molecule has 0 unspecified atom stereocenters. The first-order chi connectivity index (χ1) is 17.7. The van der Waals surface area contributed by atoms with Crippen LogP contribution in [-0.2, 0) is 6.54 Å². The average molecular weight is 485 g/mol. The van der Waals surface area contributed by atoms with Gasteiger partial charge in [-0.05, 0) is 46.9 Å². The molecule has 186 valence electrons. The lowest BCUT2D eigenvalue weighted by atomic mass is 9.87. The first-order valence-corrected chi connectivity index (χ1v) is 12.9. The first kappa shape index (κ1) is 23.9. The van der Waals surface area contributed by atoms with E-state index in [9.17, 15) is 9.59 Å². The summed E-state index contributed by atoms with van der Waals surface area (Å²) in [7, 11) is 0. The highest BCUT2D eigenvalue weighted by Crippen LogP contribution is 2.33. The number of benzene rings is 2. The van der Waals surface area contributed by atoms with E-state index in [4.69, 9.17) is 0 Å². The molecule has 0 radical (unpaired) electrons. The summed E-state index contributed by atoms with van der Waals surface area (Å²) in [6, 6.07) is 16.2. The highest BCUT2D eigenvalue weighted by Gasteiger charge is 2.24. The Balaban J connectivity index is 1.45.